The molecular formula is C8H15NO3. The monoisotopic (exact) mass is 173 g/mol. The Labute approximate surface area is 72.4 Å². The molecule has 1 heterocycles. The van der Waals surface area contributed by atoms with Crippen molar-refractivity contribution in [3.05, 3.63) is 0 Å². The predicted octanol–water partition coefficient (Wildman–Crippen LogP) is 0.431. The molecule has 0 unspecified atom stereocenters. The fraction of sp³-hybridized carbons (Fsp3) is 0.875. The lowest BCUT2D eigenvalue weighted by atomic mass is 10.1. The molecule has 0 aromatic rings. The van der Waals surface area contributed by atoms with Gasteiger partial charge in [0.25, 0.3) is 5.91 Å². The molecule has 1 rings (SSSR count). The molecule has 0 saturated carbocycles. The van der Waals surface area contributed by atoms with Crippen molar-refractivity contribution >= 4 is 5.91 Å². The topological polar surface area (TPSA) is 38.8 Å². The van der Waals surface area contributed by atoms with Gasteiger partial charge in [-0.3, -0.25) is 9.63 Å². The van der Waals surface area contributed by atoms with E-state index in [2.05, 4.69) is 0 Å². The number of hydrogen-bond donors (Lipinski definition) is 0. The molecule has 70 valence electrons. The molecule has 0 aromatic carbocycles. The fourth-order valence-corrected chi connectivity index (χ4v) is 1.34. The van der Waals surface area contributed by atoms with Crippen molar-refractivity contribution in [3.8, 4) is 0 Å². The second-order valence-corrected chi connectivity index (χ2v) is 3.09. The number of amides is 1. The maximum absolute atomic E-state index is 11.4. The molecule has 2 atom stereocenters. The number of carbonyl (C=O) groups is 1. The van der Waals surface area contributed by atoms with E-state index < -0.39 is 0 Å². The zero-order valence-electron chi connectivity index (χ0n) is 7.74. The van der Waals surface area contributed by atoms with Crippen LogP contribution in [0.2, 0.25) is 0 Å². The van der Waals surface area contributed by atoms with Gasteiger partial charge in [-0.2, -0.15) is 0 Å². The van der Waals surface area contributed by atoms with Crippen molar-refractivity contribution < 1.29 is 14.4 Å². The lowest BCUT2D eigenvalue weighted by molar-refractivity contribution is -0.173. The van der Waals surface area contributed by atoms with Crippen molar-refractivity contribution in [3.63, 3.8) is 0 Å². The Hall–Kier alpha value is -0.610. The van der Waals surface area contributed by atoms with Crippen LogP contribution in [0.15, 0.2) is 0 Å². The molecule has 4 heteroatoms. The van der Waals surface area contributed by atoms with Crippen molar-refractivity contribution in [1.29, 1.82) is 0 Å². The Morgan fingerprint density at radius 2 is 2.33 bits per heavy atom. The first-order valence-electron chi connectivity index (χ1n) is 4.08. The lowest BCUT2D eigenvalue weighted by Crippen LogP contribution is -2.32. The minimum Gasteiger partial charge on any atom is -0.378 e. The molecule has 0 aromatic heterocycles. The number of ether oxygens (including phenoxy) is 1. The Bertz CT molecular complexity index is 172. The van der Waals surface area contributed by atoms with Crippen LogP contribution in [-0.4, -0.2) is 37.8 Å². The Balaban J connectivity index is 2.43. The minimum atomic E-state index is -0.0232. The number of hydroxylamine groups is 2. The molecule has 1 fully saturated rings. The SMILES string of the molecule is CON(C)C(=O)[C@@H]1CO[C@@H](C)C1. The van der Waals surface area contributed by atoms with Crippen molar-refractivity contribution in [2.75, 3.05) is 20.8 Å². The standard InChI is InChI=1S/C8H15NO3/c1-6-4-7(5-12-6)8(10)9(2)11-3/h6-7H,4-5H2,1-3H3/t6-,7-/m0/s1. The van der Waals surface area contributed by atoms with Crippen LogP contribution in [0.1, 0.15) is 13.3 Å². The second-order valence-electron chi connectivity index (χ2n) is 3.09. The van der Waals surface area contributed by atoms with Gasteiger partial charge in [0.1, 0.15) is 0 Å². The van der Waals surface area contributed by atoms with Gasteiger partial charge in [-0.1, -0.05) is 0 Å². The maximum Gasteiger partial charge on any atom is 0.251 e. The van der Waals surface area contributed by atoms with E-state index in [1.54, 1.807) is 7.05 Å². The van der Waals surface area contributed by atoms with Gasteiger partial charge in [-0.05, 0) is 13.3 Å². The van der Waals surface area contributed by atoms with Crippen LogP contribution in [0.4, 0.5) is 0 Å². The first-order chi connectivity index (χ1) is 5.65. The van der Waals surface area contributed by atoms with E-state index in [1.165, 1.54) is 12.2 Å². The fourth-order valence-electron chi connectivity index (χ4n) is 1.34. The average molecular weight is 173 g/mol. The maximum atomic E-state index is 11.4. The van der Waals surface area contributed by atoms with Gasteiger partial charge in [0, 0.05) is 7.05 Å². The normalized spacial score (nSPS) is 28.9. The lowest BCUT2D eigenvalue weighted by Gasteiger charge is -2.16. The smallest absolute Gasteiger partial charge is 0.251 e. The molecule has 1 aliphatic rings. The molecular weight excluding hydrogens is 158 g/mol. The Morgan fingerprint density at radius 3 is 2.75 bits per heavy atom. The molecule has 12 heavy (non-hydrogen) atoms. The molecule has 0 bridgehead atoms. The van der Waals surface area contributed by atoms with Crippen LogP contribution in [0, 0.1) is 5.92 Å². The summed E-state index contributed by atoms with van der Waals surface area (Å²) in [6.45, 7) is 2.49. The highest BCUT2D eigenvalue weighted by Crippen LogP contribution is 2.20. The third-order valence-corrected chi connectivity index (χ3v) is 2.13. The highest BCUT2D eigenvalue weighted by molar-refractivity contribution is 5.77. The molecule has 1 saturated heterocycles. The third kappa shape index (κ3) is 1.95. The van der Waals surface area contributed by atoms with Crippen molar-refractivity contribution in [1.82, 2.24) is 5.06 Å². The van der Waals surface area contributed by atoms with Crippen LogP contribution in [0.25, 0.3) is 0 Å². The quantitative estimate of drug-likeness (QED) is 0.568. The highest BCUT2D eigenvalue weighted by atomic mass is 16.7. The van der Waals surface area contributed by atoms with Gasteiger partial charge >= 0.3 is 0 Å². The van der Waals surface area contributed by atoms with E-state index in [4.69, 9.17) is 9.57 Å². The van der Waals surface area contributed by atoms with E-state index in [9.17, 15) is 4.79 Å². The summed E-state index contributed by atoms with van der Waals surface area (Å²) in [4.78, 5) is 16.2. The van der Waals surface area contributed by atoms with Crippen LogP contribution in [0.5, 0.6) is 0 Å². The van der Waals surface area contributed by atoms with E-state index >= 15 is 0 Å². The summed E-state index contributed by atoms with van der Waals surface area (Å²) in [5.41, 5.74) is 0. The van der Waals surface area contributed by atoms with Crippen molar-refractivity contribution in [2.45, 2.75) is 19.4 Å². The van der Waals surface area contributed by atoms with Gasteiger partial charge in [0.15, 0.2) is 0 Å². The summed E-state index contributed by atoms with van der Waals surface area (Å²) in [6.07, 6.45) is 0.996. The molecule has 0 N–H and O–H groups in total. The molecule has 1 aliphatic heterocycles. The Kier molecular flexibility index (Phi) is 3.05. The third-order valence-electron chi connectivity index (χ3n) is 2.13. The van der Waals surface area contributed by atoms with E-state index in [-0.39, 0.29) is 17.9 Å². The summed E-state index contributed by atoms with van der Waals surface area (Å²) in [5.74, 6) is -0.0215. The number of nitrogens with zero attached hydrogens (tertiary/aromatic N) is 1. The number of carbonyl (C=O) groups excluding carboxylic acids is 1. The number of rotatable bonds is 2. The second kappa shape index (κ2) is 3.87. The molecule has 0 spiro atoms. The number of hydrogen-bond acceptors (Lipinski definition) is 3. The van der Waals surface area contributed by atoms with Crippen LogP contribution < -0.4 is 0 Å². The highest BCUT2D eigenvalue weighted by Gasteiger charge is 2.30. The van der Waals surface area contributed by atoms with Crippen molar-refractivity contribution in [2.24, 2.45) is 5.92 Å². The van der Waals surface area contributed by atoms with Crippen LogP contribution in [-0.2, 0) is 14.4 Å². The first-order valence-corrected chi connectivity index (χ1v) is 4.08. The van der Waals surface area contributed by atoms with E-state index in [1.807, 2.05) is 6.92 Å². The van der Waals surface area contributed by atoms with Crippen LogP contribution >= 0.6 is 0 Å². The Morgan fingerprint density at radius 1 is 1.67 bits per heavy atom. The summed E-state index contributed by atoms with van der Waals surface area (Å²) < 4.78 is 5.28. The summed E-state index contributed by atoms with van der Waals surface area (Å²) in [6, 6.07) is 0. The minimum absolute atomic E-state index is 0.00171. The van der Waals surface area contributed by atoms with Gasteiger partial charge in [-0.15, -0.1) is 0 Å². The molecule has 0 radical (unpaired) electrons. The van der Waals surface area contributed by atoms with Gasteiger partial charge in [-0.25, -0.2) is 5.06 Å². The van der Waals surface area contributed by atoms with Gasteiger partial charge < -0.3 is 4.74 Å². The van der Waals surface area contributed by atoms with Gasteiger partial charge in [0.2, 0.25) is 0 Å². The molecule has 0 aliphatic carbocycles. The zero-order chi connectivity index (χ0) is 9.14. The summed E-state index contributed by atoms with van der Waals surface area (Å²) in [7, 11) is 3.10. The largest absolute Gasteiger partial charge is 0.378 e. The first kappa shape index (κ1) is 9.48. The van der Waals surface area contributed by atoms with Crippen LogP contribution in [0.3, 0.4) is 0 Å². The average Bonchev–Trinajstić information content (AvgIpc) is 2.49. The summed E-state index contributed by atoms with van der Waals surface area (Å²) >= 11 is 0. The zero-order valence-corrected chi connectivity index (χ0v) is 7.74. The van der Waals surface area contributed by atoms with E-state index in [0.29, 0.717) is 6.61 Å². The predicted molar refractivity (Wildman–Crippen MR) is 43.3 cm³/mol. The molecule has 4 nitrogen and oxygen atoms in total. The van der Waals surface area contributed by atoms with E-state index in [0.717, 1.165) is 6.42 Å². The van der Waals surface area contributed by atoms with Gasteiger partial charge in [0.05, 0.1) is 25.7 Å². The molecule has 1 amide bonds. The summed E-state index contributed by atoms with van der Waals surface area (Å²) in [5, 5.41) is 1.26.